The Bertz CT molecular complexity index is 765. The fourth-order valence-corrected chi connectivity index (χ4v) is 3.90. The highest BCUT2D eigenvalue weighted by molar-refractivity contribution is 6.40. The van der Waals surface area contributed by atoms with Crippen LogP contribution >= 0.6 is 11.6 Å². The lowest BCUT2D eigenvalue weighted by Gasteiger charge is -2.39. The van der Waals surface area contributed by atoms with Crippen molar-refractivity contribution < 1.29 is 14.4 Å². The molecule has 0 aliphatic carbocycles. The number of carbonyl (C=O) groups is 3. The fourth-order valence-electron chi connectivity index (χ4n) is 3.66. The van der Waals surface area contributed by atoms with E-state index in [-0.39, 0.29) is 30.5 Å². The zero-order valence-corrected chi connectivity index (χ0v) is 15.3. The highest BCUT2D eigenvalue weighted by Gasteiger charge is 2.36. The van der Waals surface area contributed by atoms with Gasteiger partial charge in [-0.25, -0.2) is 4.99 Å². The molecule has 2 aliphatic rings. The van der Waals surface area contributed by atoms with E-state index in [0.29, 0.717) is 19.5 Å². The minimum absolute atomic E-state index is 0.0331. The first-order valence-electron chi connectivity index (χ1n) is 8.59. The lowest BCUT2D eigenvalue weighted by molar-refractivity contribution is -0.131. The second-order valence-electron chi connectivity index (χ2n) is 6.39. The summed E-state index contributed by atoms with van der Waals surface area (Å²) < 4.78 is 0. The van der Waals surface area contributed by atoms with Crippen molar-refractivity contribution in [2.75, 3.05) is 31.6 Å². The number of piperazine rings is 1. The van der Waals surface area contributed by atoms with E-state index in [9.17, 15) is 14.4 Å². The van der Waals surface area contributed by atoms with Crippen LogP contribution in [0.3, 0.4) is 0 Å². The van der Waals surface area contributed by atoms with E-state index in [1.807, 2.05) is 17.0 Å². The molecule has 26 heavy (non-hydrogen) atoms. The summed E-state index contributed by atoms with van der Waals surface area (Å²) in [6, 6.07) is 6.15. The van der Waals surface area contributed by atoms with Crippen LogP contribution in [0.4, 0.5) is 5.69 Å². The maximum Gasteiger partial charge on any atom is 0.265 e. The maximum atomic E-state index is 12.6. The Hall–Kier alpha value is -2.41. The molecule has 1 aromatic carbocycles. The normalized spacial score (nSPS) is 19.0. The van der Waals surface area contributed by atoms with Crippen LogP contribution in [0.15, 0.2) is 23.2 Å². The van der Waals surface area contributed by atoms with E-state index in [1.54, 1.807) is 0 Å². The van der Waals surface area contributed by atoms with Crippen molar-refractivity contribution in [3.05, 3.63) is 28.8 Å². The first-order valence-corrected chi connectivity index (χ1v) is 8.97. The molecule has 3 amide bonds. The van der Waals surface area contributed by atoms with Crippen molar-refractivity contribution in [3.8, 4) is 0 Å². The summed E-state index contributed by atoms with van der Waals surface area (Å²) in [6.07, 6.45) is 1.46. The number of amides is 3. The molecule has 0 aromatic heterocycles. The molecule has 1 atom stereocenters. The molecule has 0 saturated carbocycles. The topological polar surface area (TPSA) is 82.1 Å². The fraction of sp³-hybridized carbons (Fsp3) is 0.444. The van der Waals surface area contributed by atoms with E-state index >= 15 is 0 Å². The Morgan fingerprint density at radius 1 is 1.35 bits per heavy atom. The van der Waals surface area contributed by atoms with Gasteiger partial charge in [-0.15, -0.1) is 0 Å². The number of nitrogens with zero attached hydrogens (tertiary/aromatic N) is 3. The summed E-state index contributed by atoms with van der Waals surface area (Å²) in [4.78, 5) is 42.4. The van der Waals surface area contributed by atoms with Crippen molar-refractivity contribution in [1.82, 2.24) is 10.2 Å². The van der Waals surface area contributed by atoms with E-state index < -0.39 is 5.91 Å². The molecule has 1 N–H and O–H groups in total. The zero-order valence-electron chi connectivity index (χ0n) is 14.6. The largest absolute Gasteiger partial charge is 0.364 e. The van der Waals surface area contributed by atoms with Gasteiger partial charge in [-0.3, -0.25) is 14.4 Å². The summed E-state index contributed by atoms with van der Waals surface area (Å²) in [5.41, 5.74) is 2.39. The van der Waals surface area contributed by atoms with Crippen molar-refractivity contribution in [2.24, 2.45) is 4.99 Å². The average Bonchev–Trinajstić information content (AvgIpc) is 3.03. The van der Waals surface area contributed by atoms with E-state index in [0.717, 1.165) is 29.2 Å². The first kappa shape index (κ1) is 18.4. The van der Waals surface area contributed by atoms with Crippen LogP contribution in [0.25, 0.3) is 0 Å². The minimum Gasteiger partial charge on any atom is -0.364 e. The first-order chi connectivity index (χ1) is 12.5. The molecular weight excluding hydrogens is 356 g/mol. The zero-order chi connectivity index (χ0) is 18.7. The molecule has 1 aromatic rings. The van der Waals surface area contributed by atoms with Gasteiger partial charge >= 0.3 is 0 Å². The van der Waals surface area contributed by atoms with Gasteiger partial charge in [-0.1, -0.05) is 17.7 Å². The van der Waals surface area contributed by atoms with Crippen molar-refractivity contribution in [3.63, 3.8) is 0 Å². The predicted molar refractivity (Wildman–Crippen MR) is 99.7 cm³/mol. The quantitative estimate of drug-likeness (QED) is 0.615. The SMILES string of the molecule is CNC(=O)/C(CCC(=O)N1CCN2c3cccc(Cl)c3CC2C1)=N\C=O. The van der Waals surface area contributed by atoms with Crippen LogP contribution in [0.5, 0.6) is 0 Å². The molecule has 1 fully saturated rings. The lowest BCUT2D eigenvalue weighted by Crippen LogP contribution is -2.53. The minimum atomic E-state index is -0.435. The molecule has 2 heterocycles. The number of aliphatic imine (C=N–C) groups is 1. The van der Waals surface area contributed by atoms with Crippen molar-refractivity contribution in [2.45, 2.75) is 25.3 Å². The molecule has 2 aliphatic heterocycles. The van der Waals surface area contributed by atoms with Gasteiger partial charge in [0.15, 0.2) is 0 Å². The Kier molecular flexibility index (Phi) is 5.56. The van der Waals surface area contributed by atoms with Gasteiger partial charge in [0, 0.05) is 50.2 Å². The van der Waals surface area contributed by atoms with Crippen LogP contribution < -0.4 is 10.2 Å². The Morgan fingerprint density at radius 2 is 2.15 bits per heavy atom. The highest BCUT2D eigenvalue weighted by Crippen LogP contribution is 2.38. The summed E-state index contributed by atoms with van der Waals surface area (Å²) in [7, 11) is 1.46. The highest BCUT2D eigenvalue weighted by atomic mass is 35.5. The molecule has 1 saturated heterocycles. The van der Waals surface area contributed by atoms with Gasteiger partial charge in [-0.05, 0) is 24.1 Å². The summed E-state index contributed by atoms with van der Waals surface area (Å²) >= 11 is 6.30. The number of carbonyl (C=O) groups excluding carboxylic acids is 3. The van der Waals surface area contributed by atoms with E-state index in [2.05, 4.69) is 21.3 Å². The van der Waals surface area contributed by atoms with E-state index in [4.69, 9.17) is 11.6 Å². The number of hydrogen-bond acceptors (Lipinski definition) is 4. The van der Waals surface area contributed by atoms with Gasteiger partial charge in [0.1, 0.15) is 5.71 Å². The van der Waals surface area contributed by atoms with Crippen LogP contribution in [0.1, 0.15) is 18.4 Å². The maximum absolute atomic E-state index is 12.6. The molecule has 8 heteroatoms. The number of rotatable bonds is 5. The molecule has 3 rings (SSSR count). The predicted octanol–water partition coefficient (Wildman–Crippen LogP) is 1.04. The standard InChI is InChI=1S/C18H21ClN4O3/c1-20-18(26)15(21-11-24)5-6-17(25)22-7-8-23-12(10-22)9-13-14(19)3-2-4-16(13)23/h2-4,11-12H,5-10H2,1H3,(H,20,26)/b21-15-. The number of halogens is 1. The van der Waals surface area contributed by atoms with Crippen LogP contribution in [-0.2, 0) is 20.8 Å². The molecule has 0 bridgehead atoms. The van der Waals surface area contributed by atoms with Crippen LogP contribution in [0.2, 0.25) is 5.02 Å². The Labute approximate surface area is 157 Å². The number of hydrogen-bond donors (Lipinski definition) is 1. The summed E-state index contributed by atoms with van der Waals surface area (Å²) in [6.45, 7) is 2.01. The molecule has 0 radical (unpaired) electrons. The molecule has 7 nitrogen and oxygen atoms in total. The molecule has 138 valence electrons. The number of benzene rings is 1. The second kappa shape index (κ2) is 7.86. The smallest absolute Gasteiger partial charge is 0.265 e. The molecule has 0 spiro atoms. The van der Waals surface area contributed by atoms with Crippen LogP contribution in [0, 0.1) is 0 Å². The Morgan fingerprint density at radius 3 is 2.88 bits per heavy atom. The van der Waals surface area contributed by atoms with Gasteiger partial charge in [0.2, 0.25) is 12.3 Å². The van der Waals surface area contributed by atoms with Crippen molar-refractivity contribution >= 4 is 41.2 Å². The van der Waals surface area contributed by atoms with Gasteiger partial charge in [0.05, 0.1) is 6.04 Å². The molecular formula is C18H21ClN4O3. The third-order valence-corrected chi connectivity index (χ3v) is 5.31. The number of anilines is 1. The summed E-state index contributed by atoms with van der Waals surface area (Å²) in [5, 5.41) is 3.20. The molecule has 1 unspecified atom stereocenters. The lowest BCUT2D eigenvalue weighted by atomic mass is 10.1. The monoisotopic (exact) mass is 376 g/mol. The Balaban J connectivity index is 1.60. The van der Waals surface area contributed by atoms with Crippen molar-refractivity contribution in [1.29, 1.82) is 0 Å². The van der Waals surface area contributed by atoms with E-state index in [1.165, 1.54) is 7.05 Å². The summed E-state index contributed by atoms with van der Waals surface area (Å²) in [5.74, 6) is -0.468. The second-order valence-corrected chi connectivity index (χ2v) is 6.80. The van der Waals surface area contributed by atoms with Gasteiger partial charge in [-0.2, -0.15) is 0 Å². The average molecular weight is 377 g/mol. The van der Waals surface area contributed by atoms with Crippen LogP contribution in [-0.4, -0.2) is 61.6 Å². The number of nitrogens with one attached hydrogen (secondary N) is 1. The third-order valence-electron chi connectivity index (χ3n) is 4.95. The van der Waals surface area contributed by atoms with Gasteiger partial charge in [0.25, 0.3) is 5.91 Å². The number of fused-ring (bicyclic) bond motifs is 3. The van der Waals surface area contributed by atoms with Gasteiger partial charge < -0.3 is 15.1 Å². The third kappa shape index (κ3) is 3.58.